The molecule has 0 saturated heterocycles. The van der Waals surface area contributed by atoms with Gasteiger partial charge in [-0.25, -0.2) is 4.68 Å². The van der Waals surface area contributed by atoms with Crippen molar-refractivity contribution in [1.29, 1.82) is 0 Å². The van der Waals surface area contributed by atoms with E-state index in [1.54, 1.807) is 23.0 Å². The molecule has 5 nitrogen and oxygen atoms in total. The molecular weight excluding hydrogens is 316 g/mol. The number of halogens is 1. The molecule has 2 rings (SSSR count). The van der Waals surface area contributed by atoms with Crippen molar-refractivity contribution in [2.75, 3.05) is 0 Å². The first-order valence-electron chi connectivity index (χ1n) is 4.93. The molecule has 0 aliphatic heterocycles. The van der Waals surface area contributed by atoms with Gasteiger partial charge in [0.15, 0.2) is 0 Å². The van der Waals surface area contributed by atoms with Crippen LogP contribution in [0.4, 0.5) is 0 Å². The van der Waals surface area contributed by atoms with Gasteiger partial charge in [0.05, 0.1) is 17.4 Å². The fourth-order valence-corrected chi connectivity index (χ4v) is 2.33. The Hall–Kier alpha value is -1.73. The molecule has 18 heavy (non-hydrogen) atoms. The lowest BCUT2D eigenvalue weighted by atomic mass is 10.2. The number of amides is 1. The van der Waals surface area contributed by atoms with Gasteiger partial charge in [-0.3, -0.25) is 4.79 Å². The fraction of sp³-hybridized carbons (Fsp3) is 0. The van der Waals surface area contributed by atoms with Crippen molar-refractivity contribution in [3.8, 4) is 5.69 Å². The lowest BCUT2D eigenvalue weighted by Crippen LogP contribution is -2.10. The number of primary amides is 1. The van der Waals surface area contributed by atoms with Crippen LogP contribution in [0, 0.1) is 0 Å². The van der Waals surface area contributed by atoms with E-state index in [-0.39, 0.29) is 0 Å². The highest BCUT2D eigenvalue weighted by atomic mass is 79.9. The zero-order valence-corrected chi connectivity index (χ0v) is 11.5. The van der Waals surface area contributed by atoms with E-state index >= 15 is 0 Å². The van der Waals surface area contributed by atoms with Crippen LogP contribution in [-0.4, -0.2) is 20.7 Å². The van der Waals surface area contributed by atoms with Crippen molar-refractivity contribution in [2.45, 2.75) is 0 Å². The first kappa shape index (κ1) is 12.7. The molecule has 7 heteroatoms. The van der Waals surface area contributed by atoms with Crippen LogP contribution in [0.3, 0.4) is 0 Å². The second kappa shape index (κ2) is 4.87. The topological polar surface area (TPSA) is 86.9 Å². The summed E-state index contributed by atoms with van der Waals surface area (Å²) in [7, 11) is 0. The van der Waals surface area contributed by atoms with E-state index in [2.05, 4.69) is 21.0 Å². The molecule has 0 unspecified atom stereocenters. The summed E-state index contributed by atoms with van der Waals surface area (Å²) in [5.41, 5.74) is 12.6. The average molecular weight is 325 g/mol. The maximum atomic E-state index is 11.0. The number of benzene rings is 1. The number of nitrogens with two attached hydrogens (primary N) is 2. The van der Waals surface area contributed by atoms with Crippen LogP contribution < -0.4 is 11.5 Å². The third-order valence-corrected chi connectivity index (χ3v) is 3.23. The van der Waals surface area contributed by atoms with Crippen LogP contribution in [0.5, 0.6) is 0 Å². The number of rotatable bonds is 3. The Morgan fingerprint density at radius 2 is 2.11 bits per heavy atom. The molecular formula is C11H9BrN4OS. The molecule has 2 aromatic rings. The van der Waals surface area contributed by atoms with E-state index < -0.39 is 5.91 Å². The first-order valence-corrected chi connectivity index (χ1v) is 6.13. The Balaban J connectivity index is 2.42. The Labute approximate surface area is 117 Å². The van der Waals surface area contributed by atoms with Crippen LogP contribution in [0.15, 0.2) is 35.1 Å². The predicted molar refractivity (Wildman–Crippen MR) is 75.7 cm³/mol. The molecule has 0 bridgehead atoms. The number of aromatic nitrogens is 2. The third kappa shape index (κ3) is 2.41. The molecule has 0 aliphatic rings. The molecule has 0 saturated carbocycles. The van der Waals surface area contributed by atoms with Crippen molar-refractivity contribution in [1.82, 2.24) is 9.78 Å². The molecule has 0 aliphatic carbocycles. The second-order valence-corrected chi connectivity index (χ2v) is 4.86. The summed E-state index contributed by atoms with van der Waals surface area (Å²) in [6.07, 6.45) is 2.97. The normalized spacial score (nSPS) is 10.3. The lowest BCUT2D eigenvalue weighted by Gasteiger charge is -2.06. The number of hydrogen-bond acceptors (Lipinski definition) is 3. The maximum Gasteiger partial charge on any atom is 0.251 e. The van der Waals surface area contributed by atoms with Gasteiger partial charge in [-0.1, -0.05) is 12.2 Å². The van der Waals surface area contributed by atoms with Crippen molar-refractivity contribution in [3.05, 3.63) is 46.2 Å². The summed E-state index contributed by atoms with van der Waals surface area (Å²) in [5, 5.41) is 4.05. The van der Waals surface area contributed by atoms with Gasteiger partial charge in [0.25, 0.3) is 5.91 Å². The van der Waals surface area contributed by atoms with E-state index in [1.807, 2.05) is 6.07 Å². The first-order chi connectivity index (χ1) is 8.49. The highest BCUT2D eigenvalue weighted by Crippen LogP contribution is 2.20. The van der Waals surface area contributed by atoms with Crippen LogP contribution in [0.1, 0.15) is 15.9 Å². The Morgan fingerprint density at radius 3 is 2.61 bits per heavy atom. The predicted octanol–water partition coefficient (Wildman–Crippen LogP) is 1.37. The average Bonchev–Trinajstić information content (AvgIpc) is 2.77. The summed E-state index contributed by atoms with van der Waals surface area (Å²) in [6, 6.07) is 5.40. The number of carbonyl (C=O) groups excluding carboxylic acids is 1. The minimum absolute atomic E-state index is 0.312. The molecule has 1 aromatic heterocycles. The van der Waals surface area contributed by atoms with Crippen LogP contribution >= 0.6 is 28.1 Å². The van der Waals surface area contributed by atoms with Gasteiger partial charge < -0.3 is 11.5 Å². The molecule has 4 N–H and O–H groups in total. The van der Waals surface area contributed by atoms with Gasteiger partial charge >= 0.3 is 0 Å². The van der Waals surface area contributed by atoms with Crippen molar-refractivity contribution >= 4 is 39.0 Å². The second-order valence-electron chi connectivity index (χ2n) is 3.57. The fourth-order valence-electron chi connectivity index (χ4n) is 1.44. The molecule has 92 valence electrons. The Bertz CT molecular complexity index is 638. The number of thiocarbonyl (C=S) groups is 1. The molecule has 0 radical (unpaired) electrons. The monoisotopic (exact) mass is 324 g/mol. The summed E-state index contributed by atoms with van der Waals surface area (Å²) in [6.45, 7) is 0. The van der Waals surface area contributed by atoms with Crippen LogP contribution in [0.2, 0.25) is 0 Å². The van der Waals surface area contributed by atoms with Crippen molar-refractivity contribution in [3.63, 3.8) is 0 Å². The third-order valence-electron chi connectivity index (χ3n) is 2.35. The van der Waals surface area contributed by atoms with E-state index in [1.165, 1.54) is 6.20 Å². The maximum absolute atomic E-state index is 11.0. The van der Waals surface area contributed by atoms with Gasteiger partial charge in [0.2, 0.25) is 0 Å². The summed E-state index contributed by atoms with van der Waals surface area (Å²) in [4.78, 5) is 11.3. The minimum atomic E-state index is -0.514. The van der Waals surface area contributed by atoms with E-state index in [4.69, 9.17) is 23.7 Å². The summed E-state index contributed by atoms with van der Waals surface area (Å²) in [5.74, 6) is -0.514. The SMILES string of the molecule is NC(=O)c1cnn(-c2ccc(C(N)=S)c(Br)c2)c1. The molecule has 1 amide bonds. The van der Waals surface area contributed by atoms with Gasteiger partial charge in [0.1, 0.15) is 4.99 Å². The largest absolute Gasteiger partial charge is 0.389 e. The van der Waals surface area contributed by atoms with Crippen LogP contribution in [0.25, 0.3) is 5.69 Å². The van der Waals surface area contributed by atoms with E-state index in [9.17, 15) is 4.79 Å². The summed E-state index contributed by atoms with van der Waals surface area (Å²) < 4.78 is 2.32. The van der Waals surface area contributed by atoms with Crippen molar-refractivity contribution in [2.24, 2.45) is 11.5 Å². The van der Waals surface area contributed by atoms with E-state index in [0.717, 1.165) is 15.7 Å². The smallest absolute Gasteiger partial charge is 0.251 e. The quantitative estimate of drug-likeness (QED) is 0.835. The Morgan fingerprint density at radius 1 is 1.39 bits per heavy atom. The lowest BCUT2D eigenvalue weighted by molar-refractivity contribution is 0.100. The van der Waals surface area contributed by atoms with Gasteiger partial charge in [-0.05, 0) is 34.1 Å². The highest BCUT2D eigenvalue weighted by Gasteiger charge is 2.08. The molecule has 0 spiro atoms. The minimum Gasteiger partial charge on any atom is -0.389 e. The number of hydrogen-bond donors (Lipinski definition) is 2. The highest BCUT2D eigenvalue weighted by molar-refractivity contribution is 9.10. The van der Waals surface area contributed by atoms with E-state index in [0.29, 0.717) is 10.6 Å². The zero-order valence-electron chi connectivity index (χ0n) is 9.13. The van der Waals surface area contributed by atoms with Crippen molar-refractivity contribution < 1.29 is 4.79 Å². The number of nitrogens with zero attached hydrogens (tertiary/aromatic N) is 2. The van der Waals surface area contributed by atoms with Gasteiger partial charge in [-0.15, -0.1) is 0 Å². The zero-order chi connectivity index (χ0) is 13.3. The Kier molecular flexibility index (Phi) is 3.44. The molecule has 1 heterocycles. The number of carbonyl (C=O) groups is 1. The van der Waals surface area contributed by atoms with Gasteiger partial charge in [0, 0.05) is 16.2 Å². The molecule has 0 atom stereocenters. The summed E-state index contributed by atoms with van der Waals surface area (Å²) >= 11 is 8.29. The van der Waals surface area contributed by atoms with Crippen LogP contribution in [-0.2, 0) is 0 Å². The standard InChI is InChI=1S/C11H9BrN4OS/c12-9-3-7(1-2-8(9)11(14)18)16-5-6(4-15-16)10(13)17/h1-5H,(H2,13,17)(H2,14,18). The van der Waals surface area contributed by atoms with Gasteiger partial charge in [-0.2, -0.15) is 5.10 Å². The molecule has 1 aromatic carbocycles. The molecule has 0 fully saturated rings.